The lowest BCUT2D eigenvalue weighted by molar-refractivity contribution is -0.125. The Balaban J connectivity index is 1.81. The van der Waals surface area contributed by atoms with Crippen molar-refractivity contribution < 1.29 is 23.1 Å². The van der Waals surface area contributed by atoms with E-state index in [1.54, 1.807) is 19.1 Å². The summed E-state index contributed by atoms with van der Waals surface area (Å²) >= 11 is 0. The van der Waals surface area contributed by atoms with Gasteiger partial charge in [0.05, 0.1) is 17.9 Å². The molecule has 0 aliphatic rings. The van der Waals surface area contributed by atoms with Crippen LogP contribution in [0.25, 0.3) is 0 Å². The second-order valence-electron chi connectivity index (χ2n) is 4.39. The second-order valence-corrected chi connectivity index (χ2v) is 4.39. The normalized spacial score (nSPS) is 11.7. The van der Waals surface area contributed by atoms with Gasteiger partial charge < -0.3 is 14.5 Å². The fourth-order valence-corrected chi connectivity index (χ4v) is 1.69. The molecular weight excluding hydrogens is 277 g/mol. The van der Waals surface area contributed by atoms with Crippen LogP contribution in [0.5, 0.6) is 0 Å². The molecule has 0 radical (unpaired) electrons. The van der Waals surface area contributed by atoms with Crippen LogP contribution in [-0.2, 0) is 9.53 Å². The molecule has 1 N–H and O–H groups in total. The van der Waals surface area contributed by atoms with E-state index in [0.29, 0.717) is 5.76 Å². The molecule has 1 aromatic heterocycles. The van der Waals surface area contributed by atoms with Gasteiger partial charge in [0.1, 0.15) is 11.6 Å². The molecule has 0 aliphatic carbocycles. The maximum atomic E-state index is 12.7. The van der Waals surface area contributed by atoms with Crippen molar-refractivity contribution in [3.8, 4) is 0 Å². The Morgan fingerprint density at radius 2 is 2.00 bits per heavy atom. The lowest BCUT2D eigenvalue weighted by Crippen LogP contribution is -2.30. The highest BCUT2D eigenvalue weighted by Gasteiger charge is 2.14. The third-order valence-corrected chi connectivity index (χ3v) is 2.76. The maximum Gasteiger partial charge on any atom is 0.338 e. The second kappa shape index (κ2) is 6.69. The van der Waals surface area contributed by atoms with Gasteiger partial charge in [-0.3, -0.25) is 4.79 Å². The first-order chi connectivity index (χ1) is 10.1. The quantitative estimate of drug-likeness (QED) is 0.859. The zero-order valence-electron chi connectivity index (χ0n) is 11.3. The molecule has 6 heteroatoms. The van der Waals surface area contributed by atoms with Crippen LogP contribution in [0.4, 0.5) is 4.39 Å². The molecule has 0 spiro atoms. The van der Waals surface area contributed by atoms with E-state index in [0.717, 1.165) is 12.1 Å². The minimum absolute atomic E-state index is 0.184. The summed E-state index contributed by atoms with van der Waals surface area (Å²) in [4.78, 5) is 23.3. The van der Waals surface area contributed by atoms with Crippen molar-refractivity contribution in [2.45, 2.75) is 13.0 Å². The summed E-state index contributed by atoms with van der Waals surface area (Å²) in [6.07, 6.45) is 1.51. The van der Waals surface area contributed by atoms with Gasteiger partial charge in [-0.2, -0.15) is 0 Å². The van der Waals surface area contributed by atoms with E-state index in [4.69, 9.17) is 9.15 Å². The number of amides is 1. The Kier molecular flexibility index (Phi) is 4.71. The van der Waals surface area contributed by atoms with E-state index < -0.39 is 24.3 Å². The predicted octanol–water partition coefficient (Wildman–Crippen LogP) is 2.45. The van der Waals surface area contributed by atoms with Gasteiger partial charge in [-0.15, -0.1) is 0 Å². The first-order valence-electron chi connectivity index (χ1n) is 6.31. The number of esters is 1. The molecule has 0 bridgehead atoms. The van der Waals surface area contributed by atoms with Gasteiger partial charge in [0, 0.05) is 0 Å². The van der Waals surface area contributed by atoms with Crippen molar-refractivity contribution >= 4 is 11.9 Å². The van der Waals surface area contributed by atoms with Gasteiger partial charge in [0.2, 0.25) is 0 Å². The van der Waals surface area contributed by atoms with E-state index in [1.807, 2.05) is 0 Å². The van der Waals surface area contributed by atoms with Gasteiger partial charge in [-0.1, -0.05) is 0 Å². The average Bonchev–Trinajstić information content (AvgIpc) is 3.00. The van der Waals surface area contributed by atoms with E-state index in [-0.39, 0.29) is 11.6 Å². The van der Waals surface area contributed by atoms with Gasteiger partial charge in [-0.25, -0.2) is 9.18 Å². The van der Waals surface area contributed by atoms with E-state index >= 15 is 0 Å². The maximum absolute atomic E-state index is 12.7. The minimum Gasteiger partial charge on any atom is -0.467 e. The minimum atomic E-state index is -0.684. The highest BCUT2D eigenvalue weighted by atomic mass is 19.1. The molecule has 0 saturated heterocycles. The fraction of sp³-hybridized carbons (Fsp3) is 0.200. The first-order valence-corrected chi connectivity index (χ1v) is 6.31. The molecule has 2 aromatic rings. The number of hydrogen-bond acceptors (Lipinski definition) is 4. The molecule has 0 aliphatic heterocycles. The number of nitrogens with one attached hydrogen (secondary N) is 1. The summed E-state index contributed by atoms with van der Waals surface area (Å²) in [7, 11) is 0. The SMILES string of the molecule is C[C@@H](NC(=O)COC(=O)c1ccc(F)cc1)c1ccco1. The van der Waals surface area contributed by atoms with Crippen LogP contribution < -0.4 is 5.32 Å². The van der Waals surface area contributed by atoms with Gasteiger partial charge in [-0.05, 0) is 43.3 Å². The largest absolute Gasteiger partial charge is 0.467 e. The van der Waals surface area contributed by atoms with Gasteiger partial charge >= 0.3 is 5.97 Å². The Bertz CT molecular complexity index is 607. The summed E-state index contributed by atoms with van der Waals surface area (Å²) in [5.41, 5.74) is 0.184. The van der Waals surface area contributed by atoms with E-state index in [9.17, 15) is 14.0 Å². The van der Waals surface area contributed by atoms with Crippen LogP contribution in [0.2, 0.25) is 0 Å². The van der Waals surface area contributed by atoms with Crippen molar-refractivity contribution in [3.05, 3.63) is 59.8 Å². The van der Waals surface area contributed by atoms with Crippen molar-refractivity contribution in [1.29, 1.82) is 0 Å². The van der Waals surface area contributed by atoms with Crippen LogP contribution in [0.3, 0.4) is 0 Å². The van der Waals surface area contributed by atoms with Crippen LogP contribution in [0.1, 0.15) is 29.1 Å². The standard InChI is InChI=1S/C15H14FNO4/c1-10(13-3-2-8-20-13)17-14(18)9-21-15(19)11-4-6-12(16)7-5-11/h2-8,10H,9H2,1H3,(H,17,18)/t10-/m1/s1. The van der Waals surface area contributed by atoms with E-state index in [1.165, 1.54) is 18.4 Å². The Labute approximate surface area is 120 Å². The van der Waals surface area contributed by atoms with Crippen LogP contribution in [0, 0.1) is 5.82 Å². The first kappa shape index (κ1) is 14.8. The summed E-state index contributed by atoms with van der Waals surface area (Å²) in [6.45, 7) is 1.33. The third kappa shape index (κ3) is 4.17. The molecule has 1 aromatic carbocycles. The van der Waals surface area contributed by atoms with Crippen LogP contribution >= 0.6 is 0 Å². The molecule has 0 saturated carbocycles. The Hall–Kier alpha value is -2.63. The molecule has 5 nitrogen and oxygen atoms in total. The molecule has 21 heavy (non-hydrogen) atoms. The van der Waals surface area contributed by atoms with Crippen molar-refractivity contribution in [2.24, 2.45) is 0 Å². The molecule has 2 rings (SSSR count). The summed E-state index contributed by atoms with van der Waals surface area (Å²) in [5, 5.41) is 2.63. The number of halogens is 1. The number of rotatable bonds is 5. The van der Waals surface area contributed by atoms with Crippen LogP contribution in [0.15, 0.2) is 47.1 Å². The lowest BCUT2D eigenvalue weighted by Gasteiger charge is -2.11. The average molecular weight is 291 g/mol. The van der Waals surface area contributed by atoms with Crippen LogP contribution in [-0.4, -0.2) is 18.5 Å². The highest BCUT2D eigenvalue weighted by Crippen LogP contribution is 2.11. The number of ether oxygens (including phenoxy) is 1. The molecular formula is C15H14FNO4. The topological polar surface area (TPSA) is 68.5 Å². The summed E-state index contributed by atoms with van der Waals surface area (Å²) in [6, 6.07) is 8.01. The molecule has 110 valence electrons. The molecule has 0 unspecified atom stereocenters. The fourth-order valence-electron chi connectivity index (χ4n) is 1.69. The molecule has 1 heterocycles. The highest BCUT2D eigenvalue weighted by molar-refractivity contribution is 5.91. The molecule has 1 amide bonds. The summed E-state index contributed by atoms with van der Waals surface area (Å²) < 4.78 is 22.7. The zero-order chi connectivity index (χ0) is 15.2. The molecule has 1 atom stereocenters. The summed E-state index contributed by atoms with van der Waals surface area (Å²) in [5.74, 6) is -0.977. The number of benzene rings is 1. The smallest absolute Gasteiger partial charge is 0.338 e. The number of hydrogen-bond donors (Lipinski definition) is 1. The van der Waals surface area contributed by atoms with E-state index in [2.05, 4.69) is 5.32 Å². The number of carbonyl (C=O) groups excluding carboxylic acids is 2. The molecule has 0 fully saturated rings. The van der Waals surface area contributed by atoms with Crippen molar-refractivity contribution in [1.82, 2.24) is 5.32 Å². The Morgan fingerprint density at radius 3 is 2.62 bits per heavy atom. The predicted molar refractivity (Wildman–Crippen MR) is 71.9 cm³/mol. The van der Waals surface area contributed by atoms with Gasteiger partial charge in [0.15, 0.2) is 6.61 Å². The number of carbonyl (C=O) groups is 2. The monoisotopic (exact) mass is 291 g/mol. The zero-order valence-corrected chi connectivity index (χ0v) is 11.3. The van der Waals surface area contributed by atoms with Crippen molar-refractivity contribution in [2.75, 3.05) is 6.61 Å². The lowest BCUT2D eigenvalue weighted by atomic mass is 10.2. The number of furan rings is 1. The Morgan fingerprint density at radius 1 is 1.29 bits per heavy atom. The third-order valence-electron chi connectivity index (χ3n) is 2.76. The van der Waals surface area contributed by atoms with Gasteiger partial charge in [0.25, 0.3) is 5.91 Å². The van der Waals surface area contributed by atoms with Crippen molar-refractivity contribution in [3.63, 3.8) is 0 Å².